The molecule has 9 heteroatoms. The lowest BCUT2D eigenvalue weighted by molar-refractivity contribution is -0.870. The van der Waals surface area contributed by atoms with Crippen LogP contribution in [0.1, 0.15) is 303 Å². The van der Waals surface area contributed by atoms with Crippen molar-refractivity contribution in [1.82, 2.24) is 5.32 Å². The number of rotatable bonds is 55. The number of phosphoric acid groups is 1. The van der Waals surface area contributed by atoms with Gasteiger partial charge in [-0.15, -0.1) is 0 Å². The summed E-state index contributed by atoms with van der Waals surface area (Å²) in [4.78, 5) is 23.3. The van der Waals surface area contributed by atoms with Crippen molar-refractivity contribution in [3.8, 4) is 0 Å². The molecule has 0 aliphatic heterocycles. The van der Waals surface area contributed by atoms with Crippen molar-refractivity contribution in [3.63, 3.8) is 0 Å². The summed E-state index contributed by atoms with van der Waals surface area (Å²) in [5, 5.41) is 14.1. The third-order valence-electron chi connectivity index (χ3n) is 13.8. The largest absolute Gasteiger partial charge is 0.472 e. The van der Waals surface area contributed by atoms with Gasteiger partial charge in [0.25, 0.3) is 0 Å². The van der Waals surface area contributed by atoms with Crippen LogP contribution in [0.25, 0.3) is 0 Å². The number of likely N-dealkylation sites (N-methyl/N-ethyl adjacent to an activating group) is 1. The van der Waals surface area contributed by atoms with Crippen LogP contribution >= 0.6 is 7.82 Å². The first-order valence-electron chi connectivity index (χ1n) is 29.6. The number of nitrogens with zero attached hydrogens (tertiary/aromatic N) is 1. The highest BCUT2D eigenvalue weighted by Gasteiger charge is 2.28. The van der Waals surface area contributed by atoms with E-state index in [0.29, 0.717) is 23.9 Å². The molecule has 0 bridgehead atoms. The second-order valence-electron chi connectivity index (χ2n) is 21.7. The fourth-order valence-corrected chi connectivity index (χ4v) is 9.84. The number of quaternary nitrogens is 1. The number of unbranched alkanes of at least 4 members (excludes halogenated alkanes) is 40. The third-order valence-corrected chi connectivity index (χ3v) is 14.7. The summed E-state index contributed by atoms with van der Waals surface area (Å²) in [6.07, 6.45) is 61.3. The minimum atomic E-state index is -4.32. The van der Waals surface area contributed by atoms with Crippen LogP contribution < -0.4 is 5.32 Å². The third kappa shape index (κ3) is 52.9. The molecule has 0 spiro atoms. The topological polar surface area (TPSA) is 105 Å². The van der Waals surface area contributed by atoms with E-state index in [2.05, 4.69) is 31.3 Å². The summed E-state index contributed by atoms with van der Waals surface area (Å²) in [5.74, 6) is -0.139. The molecular formula is C58H118N2O6P+. The van der Waals surface area contributed by atoms with E-state index in [1.54, 1.807) is 0 Å². The van der Waals surface area contributed by atoms with E-state index >= 15 is 0 Å². The first kappa shape index (κ1) is 66.2. The van der Waals surface area contributed by atoms with Gasteiger partial charge in [-0.25, -0.2) is 4.57 Å². The van der Waals surface area contributed by atoms with Crippen LogP contribution in [0.4, 0.5) is 0 Å². The zero-order valence-corrected chi connectivity index (χ0v) is 46.6. The molecule has 3 unspecified atom stereocenters. The molecule has 0 saturated heterocycles. The Bertz CT molecular complexity index is 1100. The number of carbonyl (C=O) groups is 1. The summed E-state index contributed by atoms with van der Waals surface area (Å²) < 4.78 is 23.8. The van der Waals surface area contributed by atoms with Gasteiger partial charge in [0, 0.05) is 6.42 Å². The minimum Gasteiger partial charge on any atom is -0.391 e. The van der Waals surface area contributed by atoms with Gasteiger partial charge in [0.1, 0.15) is 13.2 Å². The second-order valence-corrected chi connectivity index (χ2v) is 23.2. The zero-order chi connectivity index (χ0) is 49.2. The standard InChI is InChI=1S/C58H117N2O6P/c1-6-8-10-12-14-16-18-20-22-24-25-26-27-28-29-30-31-32-33-34-35-36-38-40-42-44-46-48-50-52-58(62)59-56(55-66-67(63,64)65-54-53-60(3,4)5)57(61)51-49-47-45-43-41-39-37-23-21-19-17-15-13-11-9-7-2/h28-29,56-57,61H,6-27,30-55H2,1-5H3,(H-,59,62,63,64)/p+1/b29-28-. The number of hydrogen-bond acceptors (Lipinski definition) is 5. The Kier molecular flexibility index (Phi) is 49.6. The van der Waals surface area contributed by atoms with E-state index in [4.69, 9.17) is 9.05 Å². The Labute approximate surface area is 418 Å². The van der Waals surface area contributed by atoms with Crippen molar-refractivity contribution in [2.45, 2.75) is 315 Å². The summed E-state index contributed by atoms with van der Waals surface area (Å²) in [5.41, 5.74) is 0. The Morgan fingerprint density at radius 3 is 1.15 bits per heavy atom. The van der Waals surface area contributed by atoms with Crippen LogP contribution in [0.3, 0.4) is 0 Å². The molecule has 8 nitrogen and oxygen atoms in total. The summed E-state index contributed by atoms with van der Waals surface area (Å²) in [6.45, 7) is 4.93. The highest BCUT2D eigenvalue weighted by molar-refractivity contribution is 7.47. The van der Waals surface area contributed by atoms with E-state index in [1.165, 1.54) is 238 Å². The van der Waals surface area contributed by atoms with Gasteiger partial charge in [-0.1, -0.05) is 270 Å². The maximum absolute atomic E-state index is 13.0. The zero-order valence-electron chi connectivity index (χ0n) is 45.7. The van der Waals surface area contributed by atoms with E-state index in [1.807, 2.05) is 21.1 Å². The molecule has 0 aliphatic rings. The van der Waals surface area contributed by atoms with Crippen molar-refractivity contribution < 1.29 is 32.9 Å². The number of allylic oxidation sites excluding steroid dienone is 2. The number of carbonyl (C=O) groups excluding carboxylic acids is 1. The maximum Gasteiger partial charge on any atom is 0.472 e. The molecule has 0 saturated carbocycles. The van der Waals surface area contributed by atoms with Crippen molar-refractivity contribution in [3.05, 3.63) is 12.2 Å². The van der Waals surface area contributed by atoms with Gasteiger partial charge in [-0.2, -0.15) is 0 Å². The first-order chi connectivity index (χ1) is 32.5. The molecule has 67 heavy (non-hydrogen) atoms. The number of phosphoric ester groups is 1. The second kappa shape index (κ2) is 50.2. The smallest absolute Gasteiger partial charge is 0.391 e. The normalized spacial score (nSPS) is 14.0. The Morgan fingerprint density at radius 2 is 0.806 bits per heavy atom. The summed E-state index contributed by atoms with van der Waals surface area (Å²) in [7, 11) is 1.63. The molecule has 1 amide bonds. The van der Waals surface area contributed by atoms with Gasteiger partial charge in [0.05, 0.1) is 39.9 Å². The van der Waals surface area contributed by atoms with Crippen molar-refractivity contribution in [2.75, 3.05) is 40.9 Å². The molecule has 0 radical (unpaired) electrons. The van der Waals surface area contributed by atoms with E-state index in [0.717, 1.165) is 38.5 Å². The minimum absolute atomic E-state index is 0.0774. The molecular weight excluding hydrogens is 852 g/mol. The lowest BCUT2D eigenvalue weighted by atomic mass is 10.0. The van der Waals surface area contributed by atoms with Crippen molar-refractivity contribution in [2.24, 2.45) is 0 Å². The maximum atomic E-state index is 13.0. The summed E-state index contributed by atoms with van der Waals surface area (Å²) in [6, 6.07) is -0.757. The molecule has 0 heterocycles. The Morgan fingerprint density at radius 1 is 0.493 bits per heavy atom. The predicted molar refractivity (Wildman–Crippen MR) is 291 cm³/mol. The number of aliphatic hydroxyl groups is 1. The quantitative estimate of drug-likeness (QED) is 0.0243. The highest BCUT2D eigenvalue weighted by Crippen LogP contribution is 2.43. The molecule has 0 aromatic rings. The monoisotopic (exact) mass is 970 g/mol. The van der Waals surface area contributed by atoms with Crippen LogP contribution in [0.15, 0.2) is 12.2 Å². The van der Waals surface area contributed by atoms with Gasteiger partial charge in [0.2, 0.25) is 5.91 Å². The number of amides is 1. The Balaban J connectivity index is 4.05. The molecule has 400 valence electrons. The lowest BCUT2D eigenvalue weighted by Crippen LogP contribution is -2.46. The van der Waals surface area contributed by atoms with E-state index in [-0.39, 0.29) is 19.1 Å². The van der Waals surface area contributed by atoms with E-state index in [9.17, 15) is 19.4 Å². The number of hydrogen-bond donors (Lipinski definition) is 3. The Hall–Kier alpha value is -0.760. The highest BCUT2D eigenvalue weighted by atomic mass is 31.2. The van der Waals surface area contributed by atoms with Crippen LogP contribution in [-0.2, 0) is 18.4 Å². The number of nitrogens with one attached hydrogen (secondary N) is 1. The fourth-order valence-electron chi connectivity index (χ4n) is 9.10. The van der Waals surface area contributed by atoms with Crippen LogP contribution in [0.5, 0.6) is 0 Å². The molecule has 0 fully saturated rings. The van der Waals surface area contributed by atoms with Gasteiger partial charge < -0.3 is 19.8 Å². The average Bonchev–Trinajstić information content (AvgIpc) is 3.29. The van der Waals surface area contributed by atoms with Crippen molar-refractivity contribution in [1.29, 1.82) is 0 Å². The number of aliphatic hydroxyl groups excluding tert-OH is 1. The molecule has 3 atom stereocenters. The molecule has 0 aliphatic carbocycles. The predicted octanol–water partition coefficient (Wildman–Crippen LogP) is 17.8. The van der Waals surface area contributed by atoms with Crippen LogP contribution in [0.2, 0.25) is 0 Å². The van der Waals surface area contributed by atoms with E-state index < -0.39 is 20.0 Å². The van der Waals surface area contributed by atoms with Gasteiger partial charge >= 0.3 is 7.82 Å². The molecule has 3 N–H and O–H groups in total. The van der Waals surface area contributed by atoms with Crippen molar-refractivity contribution >= 4 is 13.7 Å². The lowest BCUT2D eigenvalue weighted by Gasteiger charge is -2.26. The van der Waals surface area contributed by atoms with Crippen LogP contribution in [-0.4, -0.2) is 73.4 Å². The van der Waals surface area contributed by atoms with Gasteiger partial charge in [-0.3, -0.25) is 13.8 Å². The fraction of sp³-hybridized carbons (Fsp3) is 0.948. The first-order valence-corrected chi connectivity index (χ1v) is 31.0. The molecule has 0 aromatic carbocycles. The van der Waals surface area contributed by atoms with Crippen LogP contribution in [0, 0.1) is 0 Å². The average molecular weight is 971 g/mol. The SMILES string of the molecule is CCCCCCCCCCCCCC/C=C\CCCCCCCCCCCCCCCC(=O)NC(COP(=O)(O)OCC[N+](C)(C)C)C(O)CCCCCCCCCCCCCCCCCC. The van der Waals surface area contributed by atoms with Gasteiger partial charge in [-0.05, 0) is 38.5 Å². The molecule has 0 rings (SSSR count). The summed E-state index contributed by atoms with van der Waals surface area (Å²) >= 11 is 0. The van der Waals surface area contributed by atoms with Gasteiger partial charge in [0.15, 0.2) is 0 Å². The molecule has 0 aromatic heterocycles.